The largest absolute Gasteiger partial charge is 0.256 e. The predicted octanol–water partition coefficient (Wildman–Crippen LogP) is 12.0. The van der Waals surface area contributed by atoms with Crippen LogP contribution in [0.15, 0.2) is 146 Å². The van der Waals surface area contributed by atoms with Gasteiger partial charge in [-0.15, -0.1) is 0 Å². The molecule has 0 N–H and O–H groups in total. The van der Waals surface area contributed by atoms with Gasteiger partial charge >= 0.3 is 0 Å². The van der Waals surface area contributed by atoms with E-state index in [0.717, 1.165) is 10.9 Å². The van der Waals surface area contributed by atoms with Gasteiger partial charge in [-0.25, -0.2) is 0 Å². The van der Waals surface area contributed by atoms with Crippen molar-refractivity contribution in [2.45, 2.75) is 26.2 Å². The highest BCUT2D eigenvalue weighted by Gasteiger charge is 2.23. The molecule has 0 atom stereocenters. The van der Waals surface area contributed by atoms with E-state index in [1.54, 1.807) is 0 Å². The number of rotatable bonds is 3. The lowest BCUT2D eigenvalue weighted by atomic mass is 9.80. The summed E-state index contributed by atoms with van der Waals surface area (Å²) in [5.74, 6) is 0. The third kappa shape index (κ3) is 4.28. The molecule has 0 amide bonds. The van der Waals surface area contributed by atoms with Crippen molar-refractivity contribution < 1.29 is 0 Å². The maximum atomic E-state index is 4.90. The zero-order chi connectivity index (χ0) is 29.8. The minimum atomic E-state index is 0.00388. The number of benzene rings is 7. The van der Waals surface area contributed by atoms with E-state index in [-0.39, 0.29) is 5.41 Å². The molecule has 1 nitrogen and oxygen atoms in total. The first-order valence-corrected chi connectivity index (χ1v) is 15.4. The van der Waals surface area contributed by atoms with Crippen molar-refractivity contribution in [1.29, 1.82) is 0 Å². The second-order valence-corrected chi connectivity index (χ2v) is 12.8. The minimum absolute atomic E-state index is 0.00388. The van der Waals surface area contributed by atoms with Gasteiger partial charge < -0.3 is 0 Å². The highest BCUT2D eigenvalue weighted by molar-refractivity contribution is 6.24. The average Bonchev–Trinajstić information content (AvgIpc) is 3.06. The Hall–Kier alpha value is -5.27. The molecule has 0 aliphatic carbocycles. The summed E-state index contributed by atoms with van der Waals surface area (Å²) in [4.78, 5) is 4.90. The minimum Gasteiger partial charge on any atom is -0.256 e. The molecule has 8 aromatic rings. The number of hydrogen-bond donors (Lipinski definition) is 0. The first kappa shape index (κ1) is 26.4. The van der Waals surface area contributed by atoms with Crippen LogP contribution in [0, 0.1) is 0 Å². The lowest BCUT2D eigenvalue weighted by Crippen LogP contribution is -2.10. The maximum Gasteiger partial charge on any atom is 0.0780 e. The van der Waals surface area contributed by atoms with Crippen molar-refractivity contribution in [3.8, 4) is 33.4 Å². The molecule has 44 heavy (non-hydrogen) atoms. The smallest absolute Gasteiger partial charge is 0.0780 e. The van der Waals surface area contributed by atoms with E-state index in [2.05, 4.69) is 154 Å². The summed E-state index contributed by atoms with van der Waals surface area (Å²) in [6.07, 6.45) is 1.91. The van der Waals surface area contributed by atoms with Gasteiger partial charge in [0.05, 0.1) is 5.52 Å². The fourth-order valence-corrected chi connectivity index (χ4v) is 6.83. The Morgan fingerprint density at radius 1 is 0.432 bits per heavy atom. The van der Waals surface area contributed by atoms with Gasteiger partial charge in [0.25, 0.3) is 0 Å². The van der Waals surface area contributed by atoms with E-state index in [4.69, 9.17) is 4.98 Å². The maximum absolute atomic E-state index is 4.90. The molecule has 1 heterocycles. The van der Waals surface area contributed by atoms with Crippen LogP contribution >= 0.6 is 0 Å². The van der Waals surface area contributed by atoms with Crippen LogP contribution < -0.4 is 0 Å². The molecule has 1 aromatic heterocycles. The first-order valence-electron chi connectivity index (χ1n) is 15.4. The van der Waals surface area contributed by atoms with E-state index < -0.39 is 0 Å². The molecular formula is C43H33N. The van der Waals surface area contributed by atoms with E-state index in [1.165, 1.54) is 71.3 Å². The normalized spacial score (nSPS) is 12.0. The van der Waals surface area contributed by atoms with Crippen LogP contribution in [0.1, 0.15) is 26.3 Å². The van der Waals surface area contributed by atoms with Crippen LogP contribution in [0.2, 0.25) is 0 Å². The fraction of sp³-hybridized carbons (Fsp3) is 0.0930. The molecule has 0 aliphatic heterocycles. The molecule has 0 radical (unpaired) electrons. The molecule has 7 aromatic carbocycles. The zero-order valence-electron chi connectivity index (χ0n) is 25.3. The molecule has 0 bridgehead atoms. The molecule has 0 unspecified atom stereocenters. The molecule has 8 rings (SSSR count). The van der Waals surface area contributed by atoms with Gasteiger partial charge in [-0.05, 0) is 95.4 Å². The molecule has 210 valence electrons. The quantitative estimate of drug-likeness (QED) is 0.195. The summed E-state index contributed by atoms with van der Waals surface area (Å²) in [6, 6.07) is 51.1. The van der Waals surface area contributed by atoms with Gasteiger partial charge in [0.15, 0.2) is 0 Å². The van der Waals surface area contributed by atoms with E-state index >= 15 is 0 Å². The number of fused-ring (bicyclic) bond motifs is 4. The van der Waals surface area contributed by atoms with Gasteiger partial charge in [0.1, 0.15) is 0 Å². The molecule has 0 saturated heterocycles. The second kappa shape index (κ2) is 10.2. The second-order valence-electron chi connectivity index (χ2n) is 12.8. The predicted molar refractivity (Wildman–Crippen MR) is 189 cm³/mol. The summed E-state index contributed by atoms with van der Waals surface area (Å²) in [7, 11) is 0. The topological polar surface area (TPSA) is 12.9 Å². The lowest BCUT2D eigenvalue weighted by molar-refractivity contribution is 0.591. The van der Waals surface area contributed by atoms with Crippen molar-refractivity contribution >= 4 is 43.2 Å². The monoisotopic (exact) mass is 563 g/mol. The Kier molecular flexibility index (Phi) is 6.10. The van der Waals surface area contributed by atoms with Crippen molar-refractivity contribution in [3.63, 3.8) is 0 Å². The van der Waals surface area contributed by atoms with E-state index in [0.29, 0.717) is 0 Å². The highest BCUT2D eigenvalue weighted by Crippen LogP contribution is 2.48. The standard InChI is InChI=1S/C43H33N/c1-43(2,3)32-22-23-35-39(27-32)41(38-26-31-16-8-7-15-30(31)25-37(38)28-13-5-4-6-14-28)34-20-10-9-19-33(34)40(35)36-21-11-17-29-18-12-24-44-42(29)36/h4-27H,1-3H3. The number of pyridine rings is 1. The van der Waals surface area contributed by atoms with Gasteiger partial charge in [-0.3, -0.25) is 4.98 Å². The van der Waals surface area contributed by atoms with Crippen molar-refractivity contribution in [1.82, 2.24) is 4.98 Å². The van der Waals surface area contributed by atoms with Crippen LogP contribution in [-0.2, 0) is 5.41 Å². The zero-order valence-corrected chi connectivity index (χ0v) is 25.3. The molecule has 0 aliphatic rings. The van der Waals surface area contributed by atoms with Crippen LogP contribution in [0.4, 0.5) is 0 Å². The summed E-state index contributed by atoms with van der Waals surface area (Å²) in [6.45, 7) is 6.90. The molecule has 0 saturated carbocycles. The van der Waals surface area contributed by atoms with Crippen LogP contribution in [0.5, 0.6) is 0 Å². The van der Waals surface area contributed by atoms with Crippen molar-refractivity contribution in [2.75, 3.05) is 0 Å². The molecule has 0 spiro atoms. The summed E-state index contributed by atoms with van der Waals surface area (Å²) < 4.78 is 0. The number of hydrogen-bond acceptors (Lipinski definition) is 1. The average molecular weight is 564 g/mol. The summed E-state index contributed by atoms with van der Waals surface area (Å²) in [5, 5.41) is 8.65. The van der Waals surface area contributed by atoms with Crippen LogP contribution in [0.3, 0.4) is 0 Å². The van der Waals surface area contributed by atoms with Gasteiger partial charge in [-0.1, -0.05) is 136 Å². The Labute approximate surface area is 258 Å². The number of para-hydroxylation sites is 1. The Morgan fingerprint density at radius 2 is 1.02 bits per heavy atom. The highest BCUT2D eigenvalue weighted by atomic mass is 14.6. The number of nitrogens with zero attached hydrogens (tertiary/aromatic N) is 1. The van der Waals surface area contributed by atoms with E-state index in [1.807, 2.05) is 12.3 Å². The Balaban J connectivity index is 1.59. The van der Waals surface area contributed by atoms with E-state index in [9.17, 15) is 0 Å². The molecule has 1 heteroatoms. The fourth-order valence-electron chi connectivity index (χ4n) is 6.83. The summed E-state index contributed by atoms with van der Waals surface area (Å²) >= 11 is 0. The summed E-state index contributed by atoms with van der Waals surface area (Å²) in [5.41, 5.74) is 9.77. The van der Waals surface area contributed by atoms with Gasteiger partial charge in [0, 0.05) is 17.1 Å². The third-order valence-electron chi connectivity index (χ3n) is 9.03. The molecule has 0 fully saturated rings. The third-order valence-corrected chi connectivity index (χ3v) is 9.03. The number of aromatic nitrogens is 1. The Morgan fingerprint density at radius 3 is 1.75 bits per heavy atom. The Bertz CT molecular complexity index is 2350. The van der Waals surface area contributed by atoms with Gasteiger partial charge in [0.2, 0.25) is 0 Å². The lowest BCUT2D eigenvalue weighted by Gasteiger charge is -2.24. The van der Waals surface area contributed by atoms with Crippen molar-refractivity contribution in [2.24, 2.45) is 0 Å². The van der Waals surface area contributed by atoms with Crippen LogP contribution in [-0.4, -0.2) is 4.98 Å². The molecular weight excluding hydrogens is 530 g/mol. The SMILES string of the molecule is CC(C)(C)c1ccc2c(-c3cccc4cccnc34)c3ccccc3c(-c3cc4ccccc4cc3-c3ccccc3)c2c1. The van der Waals surface area contributed by atoms with Crippen molar-refractivity contribution in [3.05, 3.63) is 151 Å². The van der Waals surface area contributed by atoms with Gasteiger partial charge in [-0.2, -0.15) is 0 Å². The first-order chi connectivity index (χ1) is 21.5. The van der Waals surface area contributed by atoms with Crippen LogP contribution in [0.25, 0.3) is 76.6 Å².